The third-order valence-electron chi connectivity index (χ3n) is 4.26. The zero-order valence-corrected chi connectivity index (χ0v) is 13.1. The quantitative estimate of drug-likeness (QED) is 0.942. The van der Waals surface area contributed by atoms with Crippen LogP contribution >= 0.6 is 0 Å². The molecule has 1 fully saturated rings. The highest BCUT2D eigenvalue weighted by atomic mass is 16.5. The second-order valence-corrected chi connectivity index (χ2v) is 5.99. The van der Waals surface area contributed by atoms with Crippen LogP contribution in [0.5, 0.6) is 0 Å². The van der Waals surface area contributed by atoms with Gasteiger partial charge in [-0.2, -0.15) is 5.10 Å². The summed E-state index contributed by atoms with van der Waals surface area (Å²) < 4.78 is 5.22. The fourth-order valence-electron chi connectivity index (χ4n) is 3.11. The summed E-state index contributed by atoms with van der Waals surface area (Å²) in [5, 5.41) is 11.1. The minimum atomic E-state index is -0.0343. The monoisotopic (exact) mass is 302 g/mol. The number of rotatable bonds is 4. The number of likely N-dealkylation sites (tertiary alicyclic amines) is 1. The molecule has 1 N–H and O–H groups in total. The number of amides is 1. The Morgan fingerprint density at radius 1 is 1.55 bits per heavy atom. The van der Waals surface area contributed by atoms with Crippen molar-refractivity contribution < 1.29 is 9.32 Å². The van der Waals surface area contributed by atoms with Crippen molar-refractivity contribution in [3.8, 4) is 0 Å². The minimum absolute atomic E-state index is 0.0343. The third-order valence-corrected chi connectivity index (χ3v) is 4.26. The zero-order chi connectivity index (χ0) is 15.5. The molecule has 0 unspecified atom stereocenters. The van der Waals surface area contributed by atoms with E-state index in [0.29, 0.717) is 18.2 Å². The fourth-order valence-corrected chi connectivity index (χ4v) is 3.11. The van der Waals surface area contributed by atoms with E-state index < -0.39 is 0 Å². The summed E-state index contributed by atoms with van der Waals surface area (Å²) in [6, 6.07) is 1.77. The van der Waals surface area contributed by atoms with Crippen LogP contribution in [-0.2, 0) is 6.42 Å². The maximum atomic E-state index is 12.6. The summed E-state index contributed by atoms with van der Waals surface area (Å²) in [4.78, 5) is 14.5. The Hall–Kier alpha value is -2.11. The smallest absolute Gasteiger partial charge is 0.276 e. The van der Waals surface area contributed by atoms with Crippen LogP contribution in [0, 0.1) is 6.92 Å². The molecule has 2 aromatic heterocycles. The number of nitrogens with one attached hydrogen (secondary N) is 1. The van der Waals surface area contributed by atoms with Crippen LogP contribution in [-0.4, -0.2) is 39.3 Å². The molecule has 1 aliphatic heterocycles. The first-order valence-corrected chi connectivity index (χ1v) is 7.93. The van der Waals surface area contributed by atoms with Gasteiger partial charge in [-0.1, -0.05) is 12.1 Å². The van der Waals surface area contributed by atoms with Crippen LogP contribution in [0.2, 0.25) is 0 Å². The number of aromatic amines is 1. The summed E-state index contributed by atoms with van der Waals surface area (Å²) in [5.41, 5.74) is 2.72. The Kier molecular flexibility index (Phi) is 4.27. The number of H-pyrrole nitrogens is 1. The lowest BCUT2D eigenvalue weighted by Crippen LogP contribution is -2.39. The SMILES string of the molecule is CCCc1cc(C(=O)N2CCC[C@H](c3[nH]ncc3C)C2)no1. The van der Waals surface area contributed by atoms with E-state index in [9.17, 15) is 4.79 Å². The van der Waals surface area contributed by atoms with E-state index in [4.69, 9.17) is 4.52 Å². The molecule has 2 aromatic rings. The van der Waals surface area contributed by atoms with Gasteiger partial charge in [0, 0.05) is 37.2 Å². The van der Waals surface area contributed by atoms with Crippen LogP contribution in [0.1, 0.15) is 59.6 Å². The summed E-state index contributed by atoms with van der Waals surface area (Å²) in [7, 11) is 0. The van der Waals surface area contributed by atoms with Crippen molar-refractivity contribution in [2.24, 2.45) is 0 Å². The number of hydrogen-bond donors (Lipinski definition) is 1. The van der Waals surface area contributed by atoms with Crippen LogP contribution in [0.25, 0.3) is 0 Å². The van der Waals surface area contributed by atoms with Gasteiger partial charge in [-0.25, -0.2) is 0 Å². The Balaban J connectivity index is 1.71. The van der Waals surface area contributed by atoms with E-state index >= 15 is 0 Å². The second kappa shape index (κ2) is 6.34. The highest BCUT2D eigenvalue weighted by Crippen LogP contribution is 2.28. The van der Waals surface area contributed by atoms with Gasteiger partial charge in [-0.3, -0.25) is 9.89 Å². The van der Waals surface area contributed by atoms with Crippen LogP contribution in [0.4, 0.5) is 0 Å². The van der Waals surface area contributed by atoms with E-state index in [-0.39, 0.29) is 5.91 Å². The fraction of sp³-hybridized carbons (Fsp3) is 0.562. The van der Waals surface area contributed by atoms with Crippen molar-refractivity contribution in [3.05, 3.63) is 35.0 Å². The van der Waals surface area contributed by atoms with Gasteiger partial charge in [-0.15, -0.1) is 0 Å². The maximum absolute atomic E-state index is 12.6. The standard InChI is InChI=1S/C16H22N4O2/c1-3-5-13-8-14(19-22-13)16(21)20-7-4-6-12(10-20)15-11(2)9-17-18-15/h8-9,12H,3-7,10H2,1-2H3,(H,17,18)/t12-/m0/s1. The summed E-state index contributed by atoms with van der Waals surface area (Å²) in [6.45, 7) is 5.61. The van der Waals surface area contributed by atoms with Crippen molar-refractivity contribution in [2.75, 3.05) is 13.1 Å². The number of carbonyl (C=O) groups is 1. The minimum Gasteiger partial charge on any atom is -0.361 e. The first-order valence-electron chi connectivity index (χ1n) is 7.93. The van der Waals surface area contributed by atoms with E-state index in [1.165, 1.54) is 0 Å². The van der Waals surface area contributed by atoms with E-state index in [2.05, 4.69) is 22.3 Å². The Labute approximate surface area is 129 Å². The lowest BCUT2D eigenvalue weighted by Gasteiger charge is -2.32. The molecule has 0 aromatic carbocycles. The first-order chi connectivity index (χ1) is 10.7. The molecule has 1 amide bonds. The van der Waals surface area contributed by atoms with Crippen molar-refractivity contribution in [3.63, 3.8) is 0 Å². The van der Waals surface area contributed by atoms with Crippen molar-refractivity contribution in [1.82, 2.24) is 20.3 Å². The van der Waals surface area contributed by atoms with Gasteiger partial charge in [0.15, 0.2) is 5.69 Å². The molecule has 1 atom stereocenters. The highest BCUT2D eigenvalue weighted by molar-refractivity contribution is 5.92. The molecule has 0 saturated carbocycles. The summed E-state index contributed by atoms with van der Waals surface area (Å²) in [6.07, 6.45) is 5.70. The van der Waals surface area contributed by atoms with Crippen molar-refractivity contribution in [2.45, 2.75) is 45.4 Å². The van der Waals surface area contributed by atoms with E-state index in [0.717, 1.165) is 49.2 Å². The number of piperidine rings is 1. The predicted molar refractivity (Wildman–Crippen MR) is 81.7 cm³/mol. The Morgan fingerprint density at radius 3 is 3.14 bits per heavy atom. The van der Waals surface area contributed by atoms with Gasteiger partial charge in [0.25, 0.3) is 5.91 Å². The van der Waals surface area contributed by atoms with Crippen molar-refractivity contribution in [1.29, 1.82) is 0 Å². The zero-order valence-electron chi connectivity index (χ0n) is 13.1. The molecule has 3 heterocycles. The topological polar surface area (TPSA) is 75.0 Å². The average Bonchev–Trinajstić information content (AvgIpc) is 3.16. The van der Waals surface area contributed by atoms with E-state index in [1.807, 2.05) is 18.0 Å². The largest absolute Gasteiger partial charge is 0.361 e. The molecular weight excluding hydrogens is 280 g/mol. The molecule has 22 heavy (non-hydrogen) atoms. The first kappa shape index (κ1) is 14.8. The van der Waals surface area contributed by atoms with Crippen LogP contribution in [0.15, 0.2) is 16.8 Å². The molecule has 0 bridgehead atoms. The van der Waals surface area contributed by atoms with Crippen LogP contribution < -0.4 is 0 Å². The number of hydrogen-bond acceptors (Lipinski definition) is 4. The Morgan fingerprint density at radius 2 is 2.41 bits per heavy atom. The molecule has 118 valence electrons. The van der Waals surface area contributed by atoms with Gasteiger partial charge in [0.2, 0.25) is 0 Å². The molecule has 6 heteroatoms. The predicted octanol–water partition coefficient (Wildman–Crippen LogP) is 2.68. The molecule has 1 aliphatic rings. The maximum Gasteiger partial charge on any atom is 0.276 e. The summed E-state index contributed by atoms with van der Waals surface area (Å²) in [5.74, 6) is 1.07. The molecule has 0 radical (unpaired) electrons. The second-order valence-electron chi connectivity index (χ2n) is 5.99. The number of aryl methyl sites for hydroxylation is 2. The lowest BCUT2D eigenvalue weighted by molar-refractivity contribution is 0.0695. The van der Waals surface area contributed by atoms with Gasteiger partial charge < -0.3 is 9.42 Å². The molecule has 1 saturated heterocycles. The molecule has 6 nitrogen and oxygen atoms in total. The molecule has 0 aliphatic carbocycles. The number of nitrogens with zero attached hydrogens (tertiary/aromatic N) is 3. The van der Waals surface area contributed by atoms with E-state index in [1.54, 1.807) is 6.07 Å². The molecular formula is C16H22N4O2. The van der Waals surface area contributed by atoms with Gasteiger partial charge in [-0.05, 0) is 31.7 Å². The molecule has 0 spiro atoms. The number of aromatic nitrogens is 3. The van der Waals surface area contributed by atoms with Gasteiger partial charge in [0.05, 0.1) is 6.20 Å². The Bertz CT molecular complexity index is 646. The van der Waals surface area contributed by atoms with Crippen LogP contribution in [0.3, 0.4) is 0 Å². The van der Waals surface area contributed by atoms with Gasteiger partial charge >= 0.3 is 0 Å². The third kappa shape index (κ3) is 2.91. The summed E-state index contributed by atoms with van der Waals surface area (Å²) >= 11 is 0. The molecule has 3 rings (SSSR count). The number of carbonyl (C=O) groups excluding carboxylic acids is 1. The average molecular weight is 302 g/mol. The highest BCUT2D eigenvalue weighted by Gasteiger charge is 2.28. The van der Waals surface area contributed by atoms with Gasteiger partial charge in [0.1, 0.15) is 5.76 Å². The lowest BCUT2D eigenvalue weighted by atomic mass is 9.93. The normalized spacial score (nSPS) is 18.6. The van der Waals surface area contributed by atoms with Crippen molar-refractivity contribution >= 4 is 5.91 Å².